The van der Waals surface area contributed by atoms with Crippen molar-refractivity contribution in [2.75, 3.05) is 76.4 Å². The number of carbonyl (C=O) groups is 1. The van der Waals surface area contributed by atoms with Gasteiger partial charge in [0.2, 0.25) is 5.91 Å². The highest BCUT2D eigenvalue weighted by atomic mass is 19.1. The number of fused-ring (bicyclic) bond motifs is 2. The maximum absolute atomic E-state index is 14.1. The van der Waals surface area contributed by atoms with Crippen LogP contribution >= 0.6 is 0 Å². The minimum absolute atomic E-state index is 0.0317. The van der Waals surface area contributed by atoms with Crippen LogP contribution in [-0.4, -0.2) is 111 Å². The lowest BCUT2D eigenvalue weighted by Crippen LogP contribution is -2.58. The number of hydrogen-bond acceptors (Lipinski definition) is 9. The minimum Gasteiger partial charge on any atom is -0.462 e. The normalized spacial score (nSPS) is 22.4. The van der Waals surface area contributed by atoms with Crippen molar-refractivity contribution >= 4 is 28.2 Å². The van der Waals surface area contributed by atoms with Crippen LogP contribution in [0.25, 0.3) is 10.8 Å². The second-order valence-electron chi connectivity index (χ2n) is 12.3. The summed E-state index contributed by atoms with van der Waals surface area (Å²) in [7, 11) is 3.53. The van der Waals surface area contributed by atoms with E-state index < -0.39 is 6.17 Å². The van der Waals surface area contributed by atoms with Crippen LogP contribution in [0.4, 0.5) is 15.9 Å². The van der Waals surface area contributed by atoms with Gasteiger partial charge in [0.25, 0.3) is 0 Å². The number of anilines is 2. The van der Waals surface area contributed by atoms with Crippen molar-refractivity contribution in [2.45, 2.75) is 44.6 Å². The lowest BCUT2D eigenvalue weighted by molar-refractivity contribution is -0.126. The molecule has 2 saturated heterocycles. The zero-order valence-corrected chi connectivity index (χ0v) is 26.5. The van der Waals surface area contributed by atoms with E-state index in [0.29, 0.717) is 64.9 Å². The first-order valence-electron chi connectivity index (χ1n) is 15.9. The average Bonchev–Trinajstić information content (AvgIpc) is 3.38. The first kappa shape index (κ1) is 31.2. The highest BCUT2D eigenvalue weighted by molar-refractivity contribution is 5.97. The number of amides is 1. The number of benzene rings is 2. The molecule has 0 radical (unpaired) electrons. The number of ether oxygens (including phenoxy) is 2. The molecular formula is C34H44FN7O3. The summed E-state index contributed by atoms with van der Waals surface area (Å²) in [6.45, 7) is 6.70. The number of carbonyl (C=O) groups excluding carboxylic acids is 1. The molecule has 1 amide bonds. The minimum atomic E-state index is -0.852. The smallest absolute Gasteiger partial charge is 0.318 e. The van der Waals surface area contributed by atoms with Crippen LogP contribution in [0, 0.1) is 6.92 Å². The van der Waals surface area contributed by atoms with Crippen molar-refractivity contribution in [1.82, 2.24) is 19.8 Å². The number of aromatic nitrogens is 2. The Balaban J connectivity index is 1.31. The Morgan fingerprint density at radius 2 is 1.93 bits per heavy atom. The molecule has 2 N–H and O–H groups in total. The van der Waals surface area contributed by atoms with E-state index in [1.807, 2.05) is 16.8 Å². The third-order valence-electron chi connectivity index (χ3n) is 9.36. The van der Waals surface area contributed by atoms with Crippen LogP contribution in [-0.2, 0) is 22.5 Å². The van der Waals surface area contributed by atoms with Crippen molar-refractivity contribution in [3.63, 3.8) is 0 Å². The van der Waals surface area contributed by atoms with Crippen LogP contribution in [0.3, 0.4) is 0 Å². The molecule has 240 valence electrons. The fraction of sp³-hybridized carbons (Fsp3) is 0.500. The first-order valence-corrected chi connectivity index (χ1v) is 15.9. The molecule has 0 spiro atoms. The molecule has 2 aromatic carbocycles. The molecule has 2 unspecified atom stereocenters. The molecule has 0 bridgehead atoms. The van der Waals surface area contributed by atoms with E-state index in [-0.39, 0.29) is 18.0 Å². The van der Waals surface area contributed by atoms with E-state index in [2.05, 4.69) is 53.1 Å². The molecule has 3 atom stereocenters. The van der Waals surface area contributed by atoms with Crippen molar-refractivity contribution < 1.29 is 18.7 Å². The largest absolute Gasteiger partial charge is 0.462 e. The molecule has 3 aliphatic heterocycles. The van der Waals surface area contributed by atoms with Gasteiger partial charge in [0.05, 0.1) is 24.9 Å². The van der Waals surface area contributed by atoms with Gasteiger partial charge in [-0.25, -0.2) is 4.39 Å². The van der Waals surface area contributed by atoms with Crippen molar-refractivity contribution in [3.8, 4) is 6.01 Å². The van der Waals surface area contributed by atoms with Crippen LogP contribution in [0.2, 0.25) is 0 Å². The SMILES string of the molecule is COC/C=C/C(=O)N1CCN(c2nc(OCC3CC(F)CN3C)nc3c2CCN(c2cccc4cccc(C)c24)C3)[C@@H](CN)C1. The van der Waals surface area contributed by atoms with Gasteiger partial charge in [0.15, 0.2) is 0 Å². The lowest BCUT2D eigenvalue weighted by Gasteiger charge is -2.43. The molecule has 0 aliphatic carbocycles. The molecular weight excluding hydrogens is 573 g/mol. The Morgan fingerprint density at radius 3 is 2.69 bits per heavy atom. The highest BCUT2D eigenvalue weighted by Crippen LogP contribution is 2.36. The molecule has 3 aromatic rings. The maximum atomic E-state index is 14.1. The number of aryl methyl sites for hydroxylation is 1. The number of rotatable bonds is 9. The van der Waals surface area contributed by atoms with Crippen LogP contribution in [0.15, 0.2) is 48.6 Å². The molecule has 4 heterocycles. The molecule has 1 aromatic heterocycles. The second-order valence-corrected chi connectivity index (χ2v) is 12.3. The monoisotopic (exact) mass is 617 g/mol. The first-order chi connectivity index (χ1) is 21.9. The molecule has 2 fully saturated rings. The van der Waals surface area contributed by atoms with Gasteiger partial charge in [-0.15, -0.1) is 0 Å². The topological polar surface area (TPSA) is 100 Å². The number of methoxy groups -OCH3 is 1. The quantitative estimate of drug-likeness (QED) is 0.363. The average molecular weight is 618 g/mol. The molecule has 11 heteroatoms. The van der Waals surface area contributed by atoms with Gasteiger partial charge < -0.3 is 29.9 Å². The number of nitrogens with two attached hydrogens (primary N) is 1. The summed E-state index contributed by atoms with van der Waals surface area (Å²) in [5.74, 6) is 0.774. The summed E-state index contributed by atoms with van der Waals surface area (Å²) < 4.78 is 25.4. The highest BCUT2D eigenvalue weighted by Gasteiger charge is 2.34. The summed E-state index contributed by atoms with van der Waals surface area (Å²) >= 11 is 0. The number of piperazine rings is 1. The van der Waals surface area contributed by atoms with Gasteiger partial charge in [-0.3, -0.25) is 9.69 Å². The lowest BCUT2D eigenvalue weighted by atomic mass is 9.99. The number of hydrogen-bond donors (Lipinski definition) is 1. The summed E-state index contributed by atoms with van der Waals surface area (Å²) in [5.41, 5.74) is 10.8. The zero-order chi connectivity index (χ0) is 31.5. The Hall–Kier alpha value is -3.80. The van der Waals surface area contributed by atoms with Crippen molar-refractivity contribution in [3.05, 3.63) is 65.4 Å². The predicted octanol–water partition coefficient (Wildman–Crippen LogP) is 3.10. The molecule has 10 nitrogen and oxygen atoms in total. The van der Waals surface area contributed by atoms with E-state index in [9.17, 15) is 9.18 Å². The van der Waals surface area contributed by atoms with Crippen molar-refractivity contribution in [2.24, 2.45) is 5.73 Å². The van der Waals surface area contributed by atoms with E-state index >= 15 is 0 Å². The number of halogens is 1. The van der Waals surface area contributed by atoms with E-state index in [0.717, 1.165) is 30.0 Å². The van der Waals surface area contributed by atoms with Gasteiger partial charge in [-0.05, 0) is 43.8 Å². The Kier molecular flexibility index (Phi) is 9.48. The van der Waals surface area contributed by atoms with Crippen LogP contribution in [0.1, 0.15) is 23.2 Å². The second kappa shape index (κ2) is 13.7. The standard InChI is InChI=1S/C34H44FN7O3/c1-23-7-4-8-24-9-5-10-30(32(23)24)40-13-12-28-29(21-40)37-34(45-22-26-17-25(35)19-39(26)2)38-33(28)42-15-14-41(20-27(42)18-36)31(43)11-6-16-44-3/h4-11,25-27H,12-22,36H2,1-3H3/b11-6+/t25?,26?,27-/m0/s1. The molecule has 45 heavy (non-hydrogen) atoms. The summed E-state index contributed by atoms with van der Waals surface area (Å²) in [6, 6.07) is 13.0. The third-order valence-corrected chi connectivity index (χ3v) is 9.36. The third kappa shape index (κ3) is 6.61. The molecule has 0 saturated carbocycles. The van der Waals surface area contributed by atoms with Crippen LogP contribution in [0.5, 0.6) is 6.01 Å². The fourth-order valence-corrected chi connectivity index (χ4v) is 6.93. The molecule has 6 rings (SSSR count). The van der Waals surface area contributed by atoms with Crippen LogP contribution < -0.4 is 20.3 Å². The Bertz CT molecular complexity index is 1550. The van der Waals surface area contributed by atoms with Gasteiger partial charge in [-0.2, -0.15) is 9.97 Å². The van der Waals surface area contributed by atoms with Crippen molar-refractivity contribution in [1.29, 1.82) is 0 Å². The number of alkyl halides is 1. The predicted molar refractivity (Wildman–Crippen MR) is 175 cm³/mol. The Morgan fingerprint density at radius 1 is 1.11 bits per heavy atom. The van der Waals surface area contributed by atoms with Gasteiger partial charge in [-0.1, -0.05) is 36.4 Å². The summed E-state index contributed by atoms with van der Waals surface area (Å²) in [4.78, 5) is 31.2. The van der Waals surface area contributed by atoms with E-state index in [1.165, 1.54) is 22.0 Å². The summed E-state index contributed by atoms with van der Waals surface area (Å²) in [5, 5.41) is 2.47. The Labute approximate surface area is 264 Å². The van der Waals surface area contributed by atoms with E-state index in [1.54, 1.807) is 19.3 Å². The van der Waals surface area contributed by atoms with Gasteiger partial charge in [0, 0.05) is 75.1 Å². The zero-order valence-electron chi connectivity index (χ0n) is 26.5. The fourth-order valence-electron chi connectivity index (χ4n) is 6.93. The molecule has 3 aliphatic rings. The number of likely N-dealkylation sites (N-methyl/N-ethyl adjacent to an activating group) is 1. The number of likely N-dealkylation sites (tertiary alicyclic amines) is 1. The summed E-state index contributed by atoms with van der Waals surface area (Å²) in [6.07, 6.45) is 3.64. The maximum Gasteiger partial charge on any atom is 0.318 e. The van der Waals surface area contributed by atoms with Gasteiger partial charge in [0.1, 0.15) is 18.6 Å². The van der Waals surface area contributed by atoms with E-state index in [4.69, 9.17) is 25.2 Å². The number of nitrogens with zero attached hydrogens (tertiary/aromatic N) is 6. The van der Waals surface area contributed by atoms with Gasteiger partial charge >= 0.3 is 6.01 Å².